The van der Waals surface area contributed by atoms with Crippen LogP contribution in [0.5, 0.6) is 0 Å². The first-order chi connectivity index (χ1) is 21.0. The van der Waals surface area contributed by atoms with E-state index in [-0.39, 0.29) is 11.8 Å². The number of hydrogen-bond acceptors (Lipinski definition) is 7. The minimum atomic E-state index is -0.00736. The molecule has 43 heavy (non-hydrogen) atoms. The number of likely N-dealkylation sites (tertiary alicyclic amines) is 1. The number of nitrogens with zero attached hydrogens (tertiary/aromatic N) is 6. The quantitative estimate of drug-likeness (QED) is 0.396. The van der Waals surface area contributed by atoms with Crippen LogP contribution in [0.1, 0.15) is 47.7 Å². The standard InChI is InChI=1S/C33H35N7O3/c1-21(41)38-9-10-40-29(16-38)30(37-31(40)22-7-11-43-12-8-22)25-4-2-3-23-13-28(36-15-26(23)25)24-5-6-27(35-14-24)32(42)39-19-33(20-39)17-34-18-33/h2-6,13-15,22,34H,7-12,16-20H2,1H3. The van der Waals surface area contributed by atoms with Crippen LogP contribution in [0, 0.1) is 5.41 Å². The smallest absolute Gasteiger partial charge is 0.272 e. The second-order valence-electron chi connectivity index (χ2n) is 12.5. The van der Waals surface area contributed by atoms with Crippen molar-refractivity contribution < 1.29 is 14.3 Å². The normalized spacial score (nSPS) is 19.7. The highest BCUT2D eigenvalue weighted by Crippen LogP contribution is 2.38. The monoisotopic (exact) mass is 577 g/mol. The number of nitrogens with one attached hydrogen (secondary N) is 1. The van der Waals surface area contributed by atoms with Gasteiger partial charge in [0.1, 0.15) is 11.5 Å². The van der Waals surface area contributed by atoms with Crippen molar-refractivity contribution in [1.29, 1.82) is 0 Å². The molecule has 4 aliphatic heterocycles. The zero-order valence-corrected chi connectivity index (χ0v) is 24.4. The van der Waals surface area contributed by atoms with Crippen molar-refractivity contribution in [1.82, 2.24) is 34.6 Å². The van der Waals surface area contributed by atoms with Gasteiger partial charge in [-0.3, -0.25) is 19.6 Å². The fourth-order valence-electron chi connectivity index (χ4n) is 7.13. The number of rotatable bonds is 4. The fraction of sp³-hybridized carbons (Fsp3) is 0.424. The molecule has 1 spiro atoms. The van der Waals surface area contributed by atoms with Crippen molar-refractivity contribution in [2.75, 3.05) is 45.9 Å². The van der Waals surface area contributed by atoms with E-state index >= 15 is 0 Å². The molecule has 0 bridgehead atoms. The van der Waals surface area contributed by atoms with Gasteiger partial charge in [0.25, 0.3) is 5.91 Å². The van der Waals surface area contributed by atoms with Gasteiger partial charge in [0.2, 0.25) is 5.91 Å². The lowest BCUT2D eigenvalue weighted by molar-refractivity contribution is -0.130. The molecule has 3 fully saturated rings. The summed E-state index contributed by atoms with van der Waals surface area (Å²) in [5, 5.41) is 5.37. The summed E-state index contributed by atoms with van der Waals surface area (Å²) in [4.78, 5) is 43.7. The molecule has 3 saturated heterocycles. The van der Waals surface area contributed by atoms with Crippen molar-refractivity contribution in [2.45, 2.75) is 38.8 Å². The molecule has 4 aliphatic rings. The number of carbonyl (C=O) groups excluding carboxylic acids is 2. The SMILES string of the molecule is CC(=O)N1CCn2c(C3CCOCC3)nc(-c3cccc4cc(-c5ccc(C(=O)N6CC7(CNC7)C6)nc5)ncc34)c2C1. The van der Waals surface area contributed by atoms with Crippen molar-refractivity contribution >= 4 is 22.6 Å². The van der Waals surface area contributed by atoms with E-state index in [9.17, 15) is 9.59 Å². The Balaban J connectivity index is 1.11. The number of fused-ring (bicyclic) bond motifs is 2. The molecule has 8 rings (SSSR count). The zero-order chi connectivity index (χ0) is 29.1. The minimum absolute atomic E-state index is 0.00736. The van der Waals surface area contributed by atoms with Crippen LogP contribution in [0.15, 0.2) is 48.8 Å². The fourth-order valence-corrected chi connectivity index (χ4v) is 7.13. The third kappa shape index (κ3) is 4.51. The molecule has 10 heteroatoms. The van der Waals surface area contributed by atoms with Crippen LogP contribution < -0.4 is 5.32 Å². The van der Waals surface area contributed by atoms with Gasteiger partial charge in [-0.25, -0.2) is 4.98 Å². The predicted molar refractivity (Wildman–Crippen MR) is 161 cm³/mol. The Hall–Kier alpha value is -4.15. The van der Waals surface area contributed by atoms with Crippen molar-refractivity contribution in [2.24, 2.45) is 5.41 Å². The first kappa shape index (κ1) is 26.5. The Kier molecular flexibility index (Phi) is 6.30. The lowest BCUT2D eigenvalue weighted by Gasteiger charge is -2.55. The number of imidazole rings is 1. The highest BCUT2D eigenvalue weighted by Gasteiger charge is 2.49. The third-order valence-corrected chi connectivity index (χ3v) is 9.71. The van der Waals surface area contributed by atoms with E-state index in [2.05, 4.69) is 39.1 Å². The second-order valence-corrected chi connectivity index (χ2v) is 12.5. The van der Waals surface area contributed by atoms with Gasteiger partial charge in [-0.1, -0.05) is 18.2 Å². The number of hydrogen-bond donors (Lipinski definition) is 1. The minimum Gasteiger partial charge on any atom is -0.381 e. The molecular formula is C33H35N7O3. The maximum atomic E-state index is 12.9. The van der Waals surface area contributed by atoms with Crippen LogP contribution in [0.2, 0.25) is 0 Å². The molecule has 7 heterocycles. The number of ether oxygens (including phenoxy) is 1. The molecule has 0 unspecified atom stereocenters. The van der Waals surface area contributed by atoms with Crippen LogP contribution in [0.4, 0.5) is 0 Å². The number of pyridine rings is 2. The highest BCUT2D eigenvalue weighted by atomic mass is 16.5. The lowest BCUT2D eigenvalue weighted by atomic mass is 9.74. The summed E-state index contributed by atoms with van der Waals surface area (Å²) in [6.07, 6.45) is 5.58. The molecule has 0 radical (unpaired) electrons. The van der Waals surface area contributed by atoms with Gasteiger partial charge >= 0.3 is 0 Å². The van der Waals surface area contributed by atoms with E-state index in [1.54, 1.807) is 19.2 Å². The number of aromatic nitrogens is 4. The first-order valence-corrected chi connectivity index (χ1v) is 15.3. The Bertz CT molecular complexity index is 1730. The molecule has 2 amide bonds. The van der Waals surface area contributed by atoms with E-state index in [0.717, 1.165) is 104 Å². The van der Waals surface area contributed by atoms with Gasteiger partial charge in [0, 0.05) is 99.6 Å². The van der Waals surface area contributed by atoms with E-state index in [4.69, 9.17) is 14.7 Å². The van der Waals surface area contributed by atoms with Gasteiger partial charge in [-0.2, -0.15) is 0 Å². The van der Waals surface area contributed by atoms with Crippen LogP contribution >= 0.6 is 0 Å². The highest BCUT2D eigenvalue weighted by molar-refractivity contribution is 5.97. The van der Waals surface area contributed by atoms with Gasteiger partial charge < -0.3 is 24.4 Å². The topological polar surface area (TPSA) is 105 Å². The molecule has 0 aliphatic carbocycles. The third-order valence-electron chi connectivity index (χ3n) is 9.71. The molecule has 1 aromatic carbocycles. The Morgan fingerprint density at radius 3 is 2.56 bits per heavy atom. The van der Waals surface area contributed by atoms with Crippen molar-refractivity contribution in [3.8, 4) is 22.5 Å². The van der Waals surface area contributed by atoms with Crippen molar-refractivity contribution in [3.63, 3.8) is 0 Å². The number of benzene rings is 1. The van der Waals surface area contributed by atoms with E-state index in [0.29, 0.717) is 30.1 Å². The number of carbonyl (C=O) groups is 2. The maximum Gasteiger partial charge on any atom is 0.272 e. The lowest BCUT2D eigenvalue weighted by Crippen LogP contribution is -2.71. The summed E-state index contributed by atoms with van der Waals surface area (Å²) in [7, 11) is 0. The second kappa shape index (κ2) is 10.2. The summed E-state index contributed by atoms with van der Waals surface area (Å²) in [6.45, 7) is 8.75. The van der Waals surface area contributed by atoms with Gasteiger partial charge in [0.15, 0.2) is 0 Å². The number of amides is 2. The maximum absolute atomic E-state index is 12.9. The van der Waals surface area contributed by atoms with Crippen LogP contribution in [0.3, 0.4) is 0 Å². The van der Waals surface area contributed by atoms with Gasteiger partial charge in [0.05, 0.1) is 23.6 Å². The summed E-state index contributed by atoms with van der Waals surface area (Å²) in [5.74, 6) is 1.54. The van der Waals surface area contributed by atoms with E-state index in [1.165, 1.54) is 0 Å². The van der Waals surface area contributed by atoms with E-state index < -0.39 is 0 Å². The summed E-state index contributed by atoms with van der Waals surface area (Å²) in [6, 6.07) is 12.1. The molecule has 0 saturated carbocycles. The molecule has 10 nitrogen and oxygen atoms in total. The van der Waals surface area contributed by atoms with Gasteiger partial charge in [-0.15, -0.1) is 0 Å². The van der Waals surface area contributed by atoms with Crippen LogP contribution in [0.25, 0.3) is 33.3 Å². The average molecular weight is 578 g/mol. The van der Waals surface area contributed by atoms with Gasteiger partial charge in [-0.05, 0) is 36.4 Å². The predicted octanol–water partition coefficient (Wildman–Crippen LogP) is 3.46. The largest absolute Gasteiger partial charge is 0.381 e. The van der Waals surface area contributed by atoms with Crippen LogP contribution in [-0.2, 0) is 22.6 Å². The molecule has 0 atom stereocenters. The Labute approximate surface area is 250 Å². The zero-order valence-electron chi connectivity index (χ0n) is 24.4. The van der Waals surface area contributed by atoms with Crippen molar-refractivity contribution in [3.05, 3.63) is 66.0 Å². The molecule has 1 N–H and O–H groups in total. The van der Waals surface area contributed by atoms with Crippen LogP contribution in [-0.4, -0.2) is 87.1 Å². The molecular weight excluding hydrogens is 542 g/mol. The first-order valence-electron chi connectivity index (χ1n) is 15.3. The average Bonchev–Trinajstić information content (AvgIpc) is 3.38. The summed E-state index contributed by atoms with van der Waals surface area (Å²) < 4.78 is 7.99. The Morgan fingerprint density at radius 2 is 1.84 bits per heavy atom. The Morgan fingerprint density at radius 1 is 1.00 bits per heavy atom. The van der Waals surface area contributed by atoms with E-state index in [1.807, 2.05) is 22.1 Å². The summed E-state index contributed by atoms with van der Waals surface area (Å²) in [5.41, 5.74) is 5.48. The summed E-state index contributed by atoms with van der Waals surface area (Å²) >= 11 is 0. The molecule has 4 aromatic rings. The molecule has 3 aromatic heterocycles. The molecule has 220 valence electrons.